The molecule has 2 aliphatic carbocycles. The van der Waals surface area contributed by atoms with Crippen LogP contribution in [0.2, 0.25) is 0 Å². The van der Waals surface area contributed by atoms with Gasteiger partial charge in [-0.1, -0.05) is 73.2 Å². The number of halogens is 2. The number of rotatable bonds is 11. The van der Waals surface area contributed by atoms with E-state index >= 15 is 4.39 Å². The first-order chi connectivity index (χ1) is 51.0. The van der Waals surface area contributed by atoms with Gasteiger partial charge < -0.3 is 39.9 Å². The first kappa shape index (κ1) is 74.3. The van der Waals surface area contributed by atoms with Crippen LogP contribution in [0.25, 0.3) is 49.8 Å². The van der Waals surface area contributed by atoms with Gasteiger partial charge in [-0.2, -0.15) is 5.10 Å². The monoisotopic (exact) mass is 1430 g/mol. The number of ether oxygens (including phenoxy) is 2. The SMILES string of the molecule is C.CC(=O)NC1CCC(c2cn(-c3ccc(C)cc3C)c3cnccc23)CC1.Cc1ccc(-n2cc(C3CCC(N)CC3)c3ccncc32)c(C)c1.Cc1ccc(-n2nc(C3CCOCC3)c3ccncc32)c(F)c1.Cc1cccc(N2CC(c3ccc(C)cc3F)c3c(NC4CCOCC4)ncnc32)c1. The lowest BCUT2D eigenvalue weighted by Crippen LogP contribution is -2.35. The summed E-state index contributed by atoms with van der Waals surface area (Å²) >= 11 is 0. The van der Waals surface area contributed by atoms with Crippen LogP contribution in [0.3, 0.4) is 0 Å². The van der Waals surface area contributed by atoms with Crippen LogP contribution in [0.4, 0.5) is 26.1 Å². The molecule has 16 nitrogen and oxygen atoms in total. The number of pyridine rings is 3. The van der Waals surface area contributed by atoms with Crippen molar-refractivity contribution >= 4 is 55.9 Å². The Labute approximate surface area is 622 Å². The molecular formula is C88H101F2N13O3. The van der Waals surface area contributed by atoms with Gasteiger partial charge in [-0.05, 0) is 243 Å². The zero-order valence-corrected chi connectivity index (χ0v) is 61.8. The molecule has 10 heterocycles. The normalized spacial score (nSPS) is 18.9. The minimum absolute atomic E-state index is 0. The van der Waals surface area contributed by atoms with Gasteiger partial charge in [-0.3, -0.25) is 19.7 Å². The summed E-state index contributed by atoms with van der Waals surface area (Å²) in [5, 5.41) is 15.1. The number of anilines is 3. The summed E-state index contributed by atoms with van der Waals surface area (Å²) in [7, 11) is 0. The molecule has 18 heteroatoms. The Bertz CT molecular complexity index is 5050. The van der Waals surface area contributed by atoms with Crippen molar-refractivity contribution in [3.63, 3.8) is 0 Å². The third kappa shape index (κ3) is 16.3. The van der Waals surface area contributed by atoms with Gasteiger partial charge in [0.1, 0.15) is 35.3 Å². The third-order valence-corrected chi connectivity index (χ3v) is 22.0. The average Bonchev–Trinajstić information content (AvgIpc) is 1.63. The van der Waals surface area contributed by atoms with E-state index in [1.165, 1.54) is 91.0 Å². The van der Waals surface area contributed by atoms with E-state index in [1.54, 1.807) is 42.5 Å². The lowest BCUT2D eigenvalue weighted by Gasteiger charge is -2.28. The summed E-state index contributed by atoms with van der Waals surface area (Å²) in [5.74, 6) is 2.63. The van der Waals surface area contributed by atoms with Crippen molar-refractivity contribution in [1.29, 1.82) is 0 Å². The fourth-order valence-electron chi connectivity index (χ4n) is 16.5. The second-order valence-corrected chi connectivity index (χ2v) is 29.7. The lowest BCUT2D eigenvalue weighted by molar-refractivity contribution is -0.119. The average molecular weight is 1430 g/mol. The van der Waals surface area contributed by atoms with Gasteiger partial charge in [-0.25, -0.2) is 23.4 Å². The van der Waals surface area contributed by atoms with Gasteiger partial charge in [0, 0.05) is 140 Å². The molecule has 7 aromatic heterocycles. The predicted molar refractivity (Wildman–Crippen MR) is 423 cm³/mol. The topological polar surface area (TPSA) is 181 Å². The van der Waals surface area contributed by atoms with Crippen molar-refractivity contribution in [2.75, 3.05) is 43.2 Å². The molecule has 2 saturated heterocycles. The van der Waals surface area contributed by atoms with E-state index in [4.69, 9.17) is 20.3 Å². The standard InChI is InChI=1S/C25H27FN4O.C23H27N3O.C21H25N3.C18H18FN3O.CH4/c1-16-4-3-5-19(12-16)30-14-21(20-7-6-17(2)13-22(20)26)23-24(27-15-28-25(23)30)29-18-8-10-31-11-9-18;1-15-4-9-22(16(2)12-15)26-14-21(20-10-11-24-13-23(20)26)18-5-7-19(8-6-18)25-17(3)27;1-14-3-8-20(15(2)11-14)24-13-19(16-4-6-17(22)7-5-16)18-9-10-23-12-21(18)24;1-12-2-3-16(15(19)10-12)22-17-11-20-7-4-14(17)18(21-22)13-5-8-23-9-6-13;/h3-7,12-13,15,18,21H,8-11,14H2,1-2H3,(H,27,28,29);4,9-14,18-19H,5-8H2,1-3H3,(H,25,27);3,8-13,16-17H,4-7,22H2,1-2H3;2-4,7,10-11,13H,5-6,8-9H2,1H3;1H4. The number of fused-ring (bicyclic) bond motifs is 4. The first-order valence-corrected chi connectivity index (χ1v) is 37.5. The Hall–Kier alpha value is -10.0. The molecule has 12 aromatic rings. The molecule has 3 aliphatic heterocycles. The van der Waals surface area contributed by atoms with Gasteiger partial charge in [0.2, 0.25) is 5.91 Å². The number of aryl methyl sites for hydroxylation is 7. The summed E-state index contributed by atoms with van der Waals surface area (Å²) in [6.07, 6.45) is 30.3. The number of carbonyl (C=O) groups excluding carboxylic acids is 1. The molecule has 5 aliphatic rings. The van der Waals surface area contributed by atoms with Gasteiger partial charge in [0.05, 0.1) is 40.8 Å². The minimum atomic E-state index is -0.267. The van der Waals surface area contributed by atoms with E-state index in [0.717, 1.165) is 141 Å². The zero-order valence-electron chi connectivity index (χ0n) is 61.8. The molecule has 4 fully saturated rings. The molecule has 0 spiro atoms. The van der Waals surface area contributed by atoms with Crippen molar-refractivity contribution in [3.05, 3.63) is 250 Å². The molecular weight excluding hydrogens is 1330 g/mol. The highest BCUT2D eigenvalue weighted by Crippen LogP contribution is 2.47. The number of aromatic nitrogens is 9. The molecule has 0 radical (unpaired) electrons. The van der Waals surface area contributed by atoms with Crippen molar-refractivity contribution < 1.29 is 23.0 Å². The van der Waals surface area contributed by atoms with Crippen LogP contribution in [0.15, 0.2) is 171 Å². The molecule has 4 N–H and O–H groups in total. The van der Waals surface area contributed by atoms with E-state index in [9.17, 15) is 9.18 Å². The molecule has 1 unspecified atom stereocenters. The molecule has 1 atom stereocenters. The first-order valence-electron chi connectivity index (χ1n) is 37.5. The number of nitrogens with zero attached hydrogens (tertiary/aromatic N) is 10. The number of benzene rings is 5. The Morgan fingerprint density at radius 2 is 1.04 bits per heavy atom. The molecule has 17 rings (SSSR count). The quantitative estimate of drug-likeness (QED) is 0.112. The summed E-state index contributed by atoms with van der Waals surface area (Å²) in [6.45, 7) is 19.7. The summed E-state index contributed by atoms with van der Waals surface area (Å²) in [4.78, 5) is 35.7. The van der Waals surface area contributed by atoms with E-state index in [-0.39, 0.29) is 30.9 Å². The zero-order chi connectivity index (χ0) is 72.8. The van der Waals surface area contributed by atoms with Crippen LogP contribution in [-0.2, 0) is 14.3 Å². The van der Waals surface area contributed by atoms with E-state index < -0.39 is 0 Å². The highest BCUT2D eigenvalue weighted by atomic mass is 19.1. The van der Waals surface area contributed by atoms with Crippen LogP contribution in [0.5, 0.6) is 0 Å². The molecule has 2 saturated carbocycles. The largest absolute Gasteiger partial charge is 0.381 e. The maximum absolute atomic E-state index is 15.1. The summed E-state index contributed by atoms with van der Waals surface area (Å²) < 4.78 is 46.8. The Kier molecular flexibility index (Phi) is 23.3. The highest BCUT2D eigenvalue weighted by molar-refractivity contribution is 5.87. The number of carbonyl (C=O) groups is 1. The van der Waals surface area contributed by atoms with Crippen molar-refractivity contribution in [1.82, 2.24) is 49.2 Å². The van der Waals surface area contributed by atoms with Crippen molar-refractivity contribution in [3.8, 4) is 17.1 Å². The smallest absolute Gasteiger partial charge is 0.217 e. The maximum atomic E-state index is 15.1. The highest BCUT2D eigenvalue weighted by Gasteiger charge is 2.38. The van der Waals surface area contributed by atoms with Crippen LogP contribution in [0, 0.1) is 60.1 Å². The van der Waals surface area contributed by atoms with Gasteiger partial charge in [-0.15, -0.1) is 0 Å². The van der Waals surface area contributed by atoms with Crippen LogP contribution in [0.1, 0.15) is 182 Å². The van der Waals surface area contributed by atoms with Gasteiger partial charge in [0.25, 0.3) is 0 Å². The molecule has 1 amide bonds. The molecule has 106 heavy (non-hydrogen) atoms. The van der Waals surface area contributed by atoms with Crippen LogP contribution >= 0.6 is 0 Å². The second-order valence-electron chi connectivity index (χ2n) is 29.7. The van der Waals surface area contributed by atoms with Crippen LogP contribution < -0.4 is 21.3 Å². The molecule has 0 bridgehead atoms. The van der Waals surface area contributed by atoms with Gasteiger partial charge in [0.15, 0.2) is 0 Å². The fraction of sp³-hybridized carbons (Fsp3) is 0.375. The predicted octanol–water partition coefficient (Wildman–Crippen LogP) is 18.9. The maximum Gasteiger partial charge on any atom is 0.217 e. The Morgan fingerprint density at radius 1 is 0.519 bits per heavy atom. The van der Waals surface area contributed by atoms with Gasteiger partial charge >= 0.3 is 0 Å². The van der Waals surface area contributed by atoms with E-state index in [1.807, 2.05) is 69.0 Å². The fourth-order valence-corrected chi connectivity index (χ4v) is 16.5. The van der Waals surface area contributed by atoms with Crippen molar-refractivity contribution in [2.45, 2.75) is 182 Å². The third-order valence-electron chi connectivity index (χ3n) is 22.0. The van der Waals surface area contributed by atoms with E-state index in [2.05, 4.69) is 163 Å². The lowest BCUT2D eigenvalue weighted by atomic mass is 9.81. The molecule has 5 aromatic carbocycles. The number of hydrogen-bond donors (Lipinski definition) is 3. The second kappa shape index (κ2) is 33.2. The van der Waals surface area contributed by atoms with E-state index in [0.29, 0.717) is 53.7 Å². The molecule has 550 valence electrons. The Balaban J connectivity index is 0.000000125. The Morgan fingerprint density at radius 3 is 1.59 bits per heavy atom. The summed E-state index contributed by atoms with van der Waals surface area (Å²) in [6, 6.07) is 39.6. The minimum Gasteiger partial charge on any atom is -0.381 e. The number of amides is 1. The number of hydrogen-bond acceptors (Lipinski definition) is 12. The number of nitrogens with one attached hydrogen (secondary N) is 2. The number of nitrogens with two attached hydrogens (primary N) is 1. The van der Waals surface area contributed by atoms with Crippen LogP contribution in [-0.4, -0.2) is 101 Å². The summed E-state index contributed by atoms with van der Waals surface area (Å²) in [5.41, 5.74) is 27.0. The van der Waals surface area contributed by atoms with Crippen molar-refractivity contribution in [2.24, 2.45) is 5.73 Å².